The van der Waals surface area contributed by atoms with Crippen molar-refractivity contribution in [1.82, 2.24) is 4.90 Å². The molecule has 1 unspecified atom stereocenters. The Morgan fingerprint density at radius 3 is 2.26 bits per heavy atom. The van der Waals surface area contributed by atoms with E-state index >= 15 is 0 Å². The third kappa shape index (κ3) is 4.89. The summed E-state index contributed by atoms with van der Waals surface area (Å²) in [6.45, 7) is 3.31. The van der Waals surface area contributed by atoms with Gasteiger partial charge in [0.1, 0.15) is 0 Å². The summed E-state index contributed by atoms with van der Waals surface area (Å²) in [6.07, 6.45) is 0.520. The topological polar surface area (TPSA) is 57.6 Å². The Morgan fingerprint density at radius 1 is 1.09 bits per heavy atom. The van der Waals surface area contributed by atoms with E-state index in [4.69, 9.17) is 0 Å². The van der Waals surface area contributed by atoms with Crippen molar-refractivity contribution in [3.05, 3.63) is 65.2 Å². The Labute approximate surface area is 138 Å². The van der Waals surface area contributed by atoms with Gasteiger partial charge in [-0.05, 0) is 42.8 Å². The summed E-state index contributed by atoms with van der Waals surface area (Å²) in [7, 11) is -1.25. The molecule has 0 bridgehead atoms. The van der Waals surface area contributed by atoms with Gasteiger partial charge in [0.15, 0.2) is 9.84 Å². The molecule has 1 N–H and O–H groups in total. The lowest BCUT2D eigenvalue weighted by Crippen LogP contribution is -2.24. The number of rotatable bonds is 6. The molecule has 0 fully saturated rings. The molecular formula is C18H23NO3S. The van der Waals surface area contributed by atoms with Crippen molar-refractivity contribution >= 4 is 9.84 Å². The summed E-state index contributed by atoms with van der Waals surface area (Å²) in [6, 6.07) is 14.6. The van der Waals surface area contributed by atoms with Gasteiger partial charge in [-0.2, -0.15) is 0 Å². The second kappa shape index (κ2) is 7.25. The van der Waals surface area contributed by atoms with E-state index in [0.29, 0.717) is 12.1 Å². The first-order valence-electron chi connectivity index (χ1n) is 7.48. The Kier molecular flexibility index (Phi) is 5.57. The van der Waals surface area contributed by atoms with Gasteiger partial charge in [0, 0.05) is 19.3 Å². The molecule has 23 heavy (non-hydrogen) atoms. The number of hydrogen-bond acceptors (Lipinski definition) is 4. The molecule has 2 aromatic rings. The SMILES string of the molecule is Cc1ccccc1CN(C)CC(O)c1ccc(S(C)(=O)=O)cc1. The molecule has 2 rings (SSSR count). The monoisotopic (exact) mass is 333 g/mol. The highest BCUT2D eigenvalue weighted by Crippen LogP contribution is 2.18. The number of nitrogens with zero attached hydrogens (tertiary/aromatic N) is 1. The number of benzene rings is 2. The Balaban J connectivity index is 2.01. The predicted molar refractivity (Wildman–Crippen MR) is 92.0 cm³/mol. The maximum Gasteiger partial charge on any atom is 0.175 e. The van der Waals surface area contributed by atoms with Crippen LogP contribution in [0.1, 0.15) is 22.8 Å². The van der Waals surface area contributed by atoms with Crippen LogP contribution in [-0.2, 0) is 16.4 Å². The first-order chi connectivity index (χ1) is 10.8. The smallest absolute Gasteiger partial charge is 0.175 e. The van der Waals surface area contributed by atoms with Crippen LogP contribution in [0.2, 0.25) is 0 Å². The molecule has 0 aliphatic rings. The van der Waals surface area contributed by atoms with E-state index in [0.717, 1.165) is 6.54 Å². The molecule has 0 aromatic heterocycles. The van der Waals surface area contributed by atoms with Crippen molar-refractivity contribution < 1.29 is 13.5 Å². The van der Waals surface area contributed by atoms with Crippen molar-refractivity contribution in [3.63, 3.8) is 0 Å². The number of aryl methyl sites for hydroxylation is 1. The van der Waals surface area contributed by atoms with Gasteiger partial charge in [0.05, 0.1) is 11.0 Å². The van der Waals surface area contributed by atoms with E-state index in [1.165, 1.54) is 29.5 Å². The molecule has 0 heterocycles. The molecule has 1 atom stereocenters. The molecule has 0 spiro atoms. The summed E-state index contributed by atoms with van der Waals surface area (Å²) in [4.78, 5) is 2.32. The Bertz CT molecular complexity index is 754. The highest BCUT2D eigenvalue weighted by atomic mass is 32.2. The van der Waals surface area contributed by atoms with Crippen LogP contribution in [0.15, 0.2) is 53.4 Å². The third-order valence-electron chi connectivity index (χ3n) is 3.88. The Hall–Kier alpha value is -1.69. The average molecular weight is 333 g/mol. The average Bonchev–Trinajstić information content (AvgIpc) is 2.49. The molecule has 0 saturated heterocycles. The molecule has 0 amide bonds. The molecule has 5 heteroatoms. The quantitative estimate of drug-likeness (QED) is 0.883. The molecular weight excluding hydrogens is 310 g/mol. The van der Waals surface area contributed by atoms with Gasteiger partial charge in [0.2, 0.25) is 0 Å². The summed E-state index contributed by atoms with van der Waals surface area (Å²) < 4.78 is 22.9. The summed E-state index contributed by atoms with van der Waals surface area (Å²) >= 11 is 0. The normalized spacial score (nSPS) is 13.3. The second-order valence-electron chi connectivity index (χ2n) is 5.98. The summed E-state index contributed by atoms with van der Waals surface area (Å²) in [5.74, 6) is 0. The molecule has 0 saturated carbocycles. The maximum atomic E-state index is 11.5. The zero-order valence-electron chi connectivity index (χ0n) is 13.7. The largest absolute Gasteiger partial charge is 0.387 e. The first-order valence-corrected chi connectivity index (χ1v) is 9.37. The van der Waals surface area contributed by atoms with Crippen LogP contribution in [0.3, 0.4) is 0 Å². The molecule has 0 aliphatic heterocycles. The van der Waals surface area contributed by atoms with Crippen molar-refractivity contribution in [2.75, 3.05) is 19.8 Å². The minimum atomic E-state index is -3.21. The van der Waals surface area contributed by atoms with Crippen LogP contribution in [0.5, 0.6) is 0 Å². The van der Waals surface area contributed by atoms with E-state index in [-0.39, 0.29) is 4.90 Å². The van der Waals surface area contributed by atoms with Crippen LogP contribution in [-0.4, -0.2) is 38.3 Å². The molecule has 124 valence electrons. The Morgan fingerprint density at radius 2 is 1.70 bits per heavy atom. The standard InChI is InChI=1S/C18H23NO3S/c1-14-6-4-5-7-16(14)12-19(2)13-18(20)15-8-10-17(11-9-15)23(3,21)22/h4-11,18,20H,12-13H2,1-3H3. The van der Waals surface area contributed by atoms with Crippen LogP contribution < -0.4 is 0 Å². The molecule has 4 nitrogen and oxygen atoms in total. The highest BCUT2D eigenvalue weighted by molar-refractivity contribution is 7.90. The van der Waals surface area contributed by atoms with Crippen LogP contribution in [0.25, 0.3) is 0 Å². The van der Waals surface area contributed by atoms with Crippen molar-refractivity contribution in [1.29, 1.82) is 0 Å². The highest BCUT2D eigenvalue weighted by Gasteiger charge is 2.13. The molecule has 2 aromatic carbocycles. The summed E-state index contributed by atoms with van der Waals surface area (Å²) in [5.41, 5.74) is 3.18. The van der Waals surface area contributed by atoms with Crippen LogP contribution in [0.4, 0.5) is 0 Å². The fourth-order valence-corrected chi connectivity index (χ4v) is 3.11. The van der Waals surface area contributed by atoms with Gasteiger partial charge in [-0.15, -0.1) is 0 Å². The van der Waals surface area contributed by atoms with Crippen molar-refractivity contribution in [2.45, 2.75) is 24.5 Å². The van der Waals surface area contributed by atoms with E-state index in [2.05, 4.69) is 24.0 Å². The number of sulfone groups is 1. The van der Waals surface area contributed by atoms with E-state index in [1.54, 1.807) is 12.1 Å². The number of hydrogen-bond donors (Lipinski definition) is 1. The molecule has 0 aliphatic carbocycles. The van der Waals surface area contributed by atoms with Gasteiger partial charge in [0.25, 0.3) is 0 Å². The minimum absolute atomic E-state index is 0.265. The number of aliphatic hydroxyl groups is 1. The lowest BCUT2D eigenvalue weighted by Gasteiger charge is -2.21. The van der Waals surface area contributed by atoms with E-state index in [9.17, 15) is 13.5 Å². The lowest BCUT2D eigenvalue weighted by atomic mass is 10.1. The number of aliphatic hydroxyl groups excluding tert-OH is 1. The van der Waals surface area contributed by atoms with Gasteiger partial charge < -0.3 is 5.11 Å². The second-order valence-corrected chi connectivity index (χ2v) is 8.00. The maximum absolute atomic E-state index is 11.5. The van der Waals surface area contributed by atoms with Gasteiger partial charge in [-0.1, -0.05) is 36.4 Å². The van der Waals surface area contributed by atoms with Crippen LogP contribution in [0, 0.1) is 6.92 Å². The fraction of sp³-hybridized carbons (Fsp3) is 0.333. The zero-order valence-corrected chi connectivity index (χ0v) is 14.5. The fourth-order valence-electron chi connectivity index (χ4n) is 2.48. The predicted octanol–water partition coefficient (Wildman–Crippen LogP) is 2.56. The van der Waals surface area contributed by atoms with Crippen molar-refractivity contribution in [2.24, 2.45) is 0 Å². The van der Waals surface area contributed by atoms with E-state index < -0.39 is 15.9 Å². The number of likely N-dealkylation sites (N-methyl/N-ethyl adjacent to an activating group) is 1. The third-order valence-corrected chi connectivity index (χ3v) is 5.01. The first kappa shape index (κ1) is 17.7. The minimum Gasteiger partial charge on any atom is -0.387 e. The molecule has 0 radical (unpaired) electrons. The van der Waals surface area contributed by atoms with E-state index in [1.807, 2.05) is 19.2 Å². The zero-order chi connectivity index (χ0) is 17.0. The van der Waals surface area contributed by atoms with Crippen LogP contribution >= 0.6 is 0 Å². The van der Waals surface area contributed by atoms with Gasteiger partial charge >= 0.3 is 0 Å². The van der Waals surface area contributed by atoms with Gasteiger partial charge in [-0.25, -0.2) is 8.42 Å². The van der Waals surface area contributed by atoms with Crippen molar-refractivity contribution in [3.8, 4) is 0 Å². The van der Waals surface area contributed by atoms with Gasteiger partial charge in [-0.3, -0.25) is 4.90 Å². The lowest BCUT2D eigenvalue weighted by molar-refractivity contribution is 0.123. The summed E-state index contributed by atoms with van der Waals surface area (Å²) in [5, 5.41) is 10.3.